The summed E-state index contributed by atoms with van der Waals surface area (Å²) in [5, 5.41) is 20.1. The van der Waals surface area contributed by atoms with Gasteiger partial charge in [-0.25, -0.2) is 14.5 Å². The fourth-order valence-electron chi connectivity index (χ4n) is 1.82. The van der Waals surface area contributed by atoms with Crippen LogP contribution in [0.5, 0.6) is 0 Å². The summed E-state index contributed by atoms with van der Waals surface area (Å²) in [4.78, 5) is 28.9. The summed E-state index contributed by atoms with van der Waals surface area (Å²) < 4.78 is 0. The highest BCUT2D eigenvalue weighted by atomic mass is 17.5. The van der Waals surface area contributed by atoms with Crippen molar-refractivity contribution in [2.45, 2.75) is 37.7 Å². The van der Waals surface area contributed by atoms with Gasteiger partial charge in [0.25, 0.3) is 0 Å². The summed E-state index contributed by atoms with van der Waals surface area (Å²) in [5.74, 6) is -2.51. The number of carboxylic acid groups (broad SMARTS) is 2. The van der Waals surface area contributed by atoms with Crippen molar-refractivity contribution in [3.05, 3.63) is 12.2 Å². The van der Waals surface area contributed by atoms with Crippen molar-refractivity contribution >= 4 is 11.9 Å². The van der Waals surface area contributed by atoms with Crippen molar-refractivity contribution in [2.75, 3.05) is 6.61 Å². The van der Waals surface area contributed by atoms with E-state index in [4.69, 9.17) is 20.0 Å². The van der Waals surface area contributed by atoms with Gasteiger partial charge in [0.1, 0.15) is 12.2 Å². The largest absolute Gasteiger partial charge is 0.478 e. The van der Waals surface area contributed by atoms with Crippen molar-refractivity contribution < 1.29 is 34.6 Å². The molecule has 18 heavy (non-hydrogen) atoms. The normalized spacial score (nSPS) is 21.6. The third-order valence-electron chi connectivity index (χ3n) is 2.71. The molecular weight excluding hydrogens is 244 g/mol. The molecule has 0 unspecified atom stereocenters. The Labute approximate surface area is 104 Å². The van der Waals surface area contributed by atoms with E-state index in [9.17, 15) is 9.59 Å². The van der Waals surface area contributed by atoms with Crippen LogP contribution in [0.2, 0.25) is 0 Å². The Bertz CT molecular complexity index is 293. The van der Waals surface area contributed by atoms with Crippen molar-refractivity contribution in [3.8, 4) is 0 Å². The monoisotopic (exact) mass is 260 g/mol. The van der Waals surface area contributed by atoms with Gasteiger partial charge in [-0.2, -0.15) is 4.89 Å². The molecule has 1 heterocycles. The second-order valence-corrected chi connectivity index (χ2v) is 4.17. The maximum atomic E-state index is 9.55. The molecule has 0 aromatic rings. The summed E-state index contributed by atoms with van der Waals surface area (Å²) in [5.41, 5.74) is -0.0712. The van der Waals surface area contributed by atoms with E-state index in [0.29, 0.717) is 18.8 Å². The standard InChI is InChI=1S/C7H12O3.C4H4O4/c1-2-4-7(5-3-1)6-8-10-9-7;5-3(6)1-2-4(7)8/h1-6H2;1-2H,(H,5,6)(H,7,8)/b;2-1+. The Morgan fingerprint density at radius 3 is 1.94 bits per heavy atom. The minimum absolute atomic E-state index is 0.0712. The molecule has 0 aromatic carbocycles. The fourth-order valence-corrected chi connectivity index (χ4v) is 1.82. The van der Waals surface area contributed by atoms with Gasteiger partial charge in [-0.05, 0) is 12.8 Å². The predicted molar refractivity (Wildman–Crippen MR) is 58.3 cm³/mol. The second kappa shape index (κ2) is 7.10. The van der Waals surface area contributed by atoms with E-state index in [1.165, 1.54) is 19.3 Å². The Balaban J connectivity index is 0.000000187. The molecule has 1 aliphatic heterocycles. The summed E-state index contributed by atoms with van der Waals surface area (Å²) in [6.07, 6.45) is 7.11. The molecule has 2 N–H and O–H groups in total. The molecule has 7 heteroatoms. The molecule has 2 fully saturated rings. The molecule has 1 spiro atoms. The molecule has 0 bridgehead atoms. The number of hydrogen-bond donors (Lipinski definition) is 2. The molecule has 7 nitrogen and oxygen atoms in total. The van der Waals surface area contributed by atoms with Gasteiger partial charge in [-0.3, -0.25) is 0 Å². The first-order chi connectivity index (χ1) is 8.54. The quantitative estimate of drug-likeness (QED) is 0.569. The van der Waals surface area contributed by atoms with Crippen molar-refractivity contribution in [1.29, 1.82) is 0 Å². The average Bonchev–Trinajstić information content (AvgIpc) is 2.77. The Hall–Kier alpha value is -1.44. The van der Waals surface area contributed by atoms with E-state index in [-0.39, 0.29) is 5.60 Å². The molecule has 0 amide bonds. The van der Waals surface area contributed by atoms with Gasteiger partial charge in [0.15, 0.2) is 0 Å². The van der Waals surface area contributed by atoms with Gasteiger partial charge < -0.3 is 10.2 Å². The van der Waals surface area contributed by atoms with Crippen LogP contribution in [0, 0.1) is 0 Å². The van der Waals surface area contributed by atoms with Crippen molar-refractivity contribution in [2.24, 2.45) is 0 Å². The van der Waals surface area contributed by atoms with E-state index in [1.807, 2.05) is 0 Å². The van der Waals surface area contributed by atoms with Crippen LogP contribution in [-0.4, -0.2) is 34.4 Å². The van der Waals surface area contributed by atoms with E-state index >= 15 is 0 Å². The molecule has 2 aliphatic rings. The van der Waals surface area contributed by atoms with Crippen molar-refractivity contribution in [1.82, 2.24) is 0 Å². The van der Waals surface area contributed by atoms with E-state index < -0.39 is 11.9 Å². The Kier molecular flexibility index (Phi) is 5.76. The topological polar surface area (TPSA) is 102 Å². The van der Waals surface area contributed by atoms with Crippen LogP contribution in [0.1, 0.15) is 32.1 Å². The third-order valence-corrected chi connectivity index (χ3v) is 2.71. The molecule has 1 saturated carbocycles. The highest BCUT2D eigenvalue weighted by Crippen LogP contribution is 2.35. The van der Waals surface area contributed by atoms with Crippen LogP contribution < -0.4 is 0 Å². The number of rotatable bonds is 2. The highest BCUT2D eigenvalue weighted by molar-refractivity contribution is 5.89. The first kappa shape index (κ1) is 14.6. The van der Waals surface area contributed by atoms with Crippen LogP contribution >= 0.6 is 0 Å². The molecule has 0 radical (unpaired) electrons. The van der Waals surface area contributed by atoms with Crippen LogP contribution in [0.25, 0.3) is 0 Å². The van der Waals surface area contributed by atoms with E-state index in [2.05, 4.69) is 5.04 Å². The van der Waals surface area contributed by atoms with Gasteiger partial charge in [-0.15, -0.1) is 0 Å². The molecule has 0 aromatic heterocycles. The summed E-state index contributed by atoms with van der Waals surface area (Å²) >= 11 is 0. The lowest BCUT2D eigenvalue weighted by molar-refractivity contribution is -0.471. The lowest BCUT2D eigenvalue weighted by atomic mass is 9.86. The minimum atomic E-state index is -1.26. The van der Waals surface area contributed by atoms with Gasteiger partial charge in [-0.1, -0.05) is 24.3 Å². The maximum Gasteiger partial charge on any atom is 0.328 e. The molecule has 102 valence electrons. The molecule has 1 aliphatic carbocycles. The lowest BCUT2D eigenvalue weighted by Gasteiger charge is -2.27. The first-order valence-corrected chi connectivity index (χ1v) is 5.65. The second-order valence-electron chi connectivity index (χ2n) is 4.17. The number of carboxylic acids is 2. The zero-order chi connectivity index (χ0) is 13.4. The van der Waals surface area contributed by atoms with E-state index in [1.54, 1.807) is 0 Å². The SMILES string of the molecule is C1CCC2(CC1)COOO2.O=C(O)/C=C/C(=O)O. The van der Waals surface area contributed by atoms with Crippen LogP contribution in [-0.2, 0) is 24.4 Å². The molecule has 1 saturated heterocycles. The van der Waals surface area contributed by atoms with Crippen LogP contribution in [0.15, 0.2) is 12.2 Å². The zero-order valence-electron chi connectivity index (χ0n) is 9.83. The zero-order valence-corrected chi connectivity index (χ0v) is 9.83. The van der Waals surface area contributed by atoms with Crippen LogP contribution in [0.3, 0.4) is 0 Å². The predicted octanol–water partition coefficient (Wildman–Crippen LogP) is 1.29. The summed E-state index contributed by atoms with van der Waals surface area (Å²) in [6.45, 7) is 0.618. The summed E-state index contributed by atoms with van der Waals surface area (Å²) in [7, 11) is 0. The number of hydrogen-bond acceptors (Lipinski definition) is 5. The highest BCUT2D eigenvalue weighted by Gasteiger charge is 2.39. The number of carbonyl (C=O) groups is 2. The van der Waals surface area contributed by atoms with Gasteiger partial charge in [0, 0.05) is 12.2 Å². The average molecular weight is 260 g/mol. The lowest BCUT2D eigenvalue weighted by Crippen LogP contribution is -2.33. The molecule has 0 atom stereocenters. The van der Waals surface area contributed by atoms with Crippen LogP contribution in [0.4, 0.5) is 0 Å². The summed E-state index contributed by atoms with van der Waals surface area (Å²) in [6, 6.07) is 0. The fraction of sp³-hybridized carbons (Fsp3) is 0.636. The molecular formula is C11H16O7. The Morgan fingerprint density at radius 1 is 1.00 bits per heavy atom. The van der Waals surface area contributed by atoms with E-state index in [0.717, 1.165) is 12.8 Å². The third kappa shape index (κ3) is 5.26. The van der Waals surface area contributed by atoms with Gasteiger partial charge in [0.05, 0.1) is 0 Å². The maximum absolute atomic E-state index is 9.55. The van der Waals surface area contributed by atoms with Gasteiger partial charge in [0.2, 0.25) is 0 Å². The Morgan fingerprint density at radius 2 is 1.56 bits per heavy atom. The van der Waals surface area contributed by atoms with Gasteiger partial charge >= 0.3 is 11.9 Å². The first-order valence-electron chi connectivity index (χ1n) is 5.65. The minimum Gasteiger partial charge on any atom is -0.478 e. The smallest absolute Gasteiger partial charge is 0.328 e. The molecule has 2 rings (SSSR count). The van der Waals surface area contributed by atoms with Crippen molar-refractivity contribution in [3.63, 3.8) is 0 Å². The number of aliphatic carboxylic acids is 2.